The van der Waals surface area contributed by atoms with Gasteiger partial charge in [0.15, 0.2) is 0 Å². The molecule has 0 aliphatic carbocycles. The second-order valence-electron chi connectivity index (χ2n) is 7.49. The van der Waals surface area contributed by atoms with E-state index < -0.39 is 15.9 Å². The van der Waals surface area contributed by atoms with Crippen molar-refractivity contribution in [3.8, 4) is 0 Å². The minimum absolute atomic E-state index is 0.0703. The number of carbonyl (C=O) groups is 2. The van der Waals surface area contributed by atoms with Crippen molar-refractivity contribution in [2.24, 2.45) is 0 Å². The number of rotatable bonds is 8. The average Bonchev–Trinajstić information content (AvgIpc) is 2.67. The van der Waals surface area contributed by atoms with Gasteiger partial charge in [-0.05, 0) is 45.4 Å². The molecular formula is C20H31N3O5S. The van der Waals surface area contributed by atoms with Crippen molar-refractivity contribution in [3.05, 3.63) is 29.8 Å². The molecule has 3 unspecified atom stereocenters. The first-order valence-corrected chi connectivity index (χ1v) is 11.4. The molecule has 8 nitrogen and oxygen atoms in total. The van der Waals surface area contributed by atoms with Crippen LogP contribution in [0.1, 0.15) is 50.9 Å². The Labute approximate surface area is 173 Å². The highest BCUT2D eigenvalue weighted by atomic mass is 32.2. The van der Waals surface area contributed by atoms with Gasteiger partial charge >= 0.3 is 0 Å². The molecule has 1 aromatic carbocycles. The molecular weight excluding hydrogens is 394 g/mol. The number of benzene rings is 1. The first-order chi connectivity index (χ1) is 13.6. The predicted octanol–water partition coefficient (Wildman–Crippen LogP) is 1.52. The number of hydrogen-bond donors (Lipinski definition) is 2. The molecule has 162 valence electrons. The summed E-state index contributed by atoms with van der Waals surface area (Å²) in [6.07, 6.45) is 0.612. The Kier molecular flexibility index (Phi) is 8.18. The van der Waals surface area contributed by atoms with Crippen LogP contribution in [-0.2, 0) is 19.6 Å². The smallest absolute Gasteiger partial charge is 0.251 e. The molecule has 0 aromatic heterocycles. The highest BCUT2D eigenvalue weighted by molar-refractivity contribution is 7.89. The molecule has 1 aliphatic rings. The van der Waals surface area contributed by atoms with Gasteiger partial charge in [-0.3, -0.25) is 9.59 Å². The van der Waals surface area contributed by atoms with Crippen LogP contribution in [0.15, 0.2) is 29.2 Å². The molecule has 2 rings (SSSR count). The van der Waals surface area contributed by atoms with Crippen molar-refractivity contribution in [2.45, 2.75) is 63.7 Å². The quantitative estimate of drug-likeness (QED) is 0.657. The van der Waals surface area contributed by atoms with Gasteiger partial charge in [-0.25, -0.2) is 8.42 Å². The lowest BCUT2D eigenvalue weighted by molar-refractivity contribution is -0.121. The highest BCUT2D eigenvalue weighted by Gasteiger charge is 2.32. The number of hydrogen-bond acceptors (Lipinski definition) is 5. The second-order valence-corrected chi connectivity index (χ2v) is 9.43. The fraction of sp³-hybridized carbons (Fsp3) is 0.600. The van der Waals surface area contributed by atoms with E-state index in [9.17, 15) is 18.0 Å². The topological polar surface area (TPSA) is 105 Å². The lowest BCUT2D eigenvalue weighted by atomic mass is 10.2. The Morgan fingerprint density at radius 1 is 1.24 bits per heavy atom. The van der Waals surface area contributed by atoms with Gasteiger partial charge in [0, 0.05) is 37.7 Å². The number of sulfonamides is 1. The SMILES string of the molecule is CCC(C)NC(=O)CCNC(=O)c1cccc(S(=O)(=O)N2CC(C)OC(C)C2)c1. The van der Waals surface area contributed by atoms with E-state index in [4.69, 9.17) is 4.74 Å². The summed E-state index contributed by atoms with van der Waals surface area (Å²) in [5.74, 6) is -0.548. The number of morpholine rings is 1. The summed E-state index contributed by atoms with van der Waals surface area (Å²) in [6, 6.07) is 6.04. The highest BCUT2D eigenvalue weighted by Crippen LogP contribution is 2.22. The molecule has 29 heavy (non-hydrogen) atoms. The van der Waals surface area contributed by atoms with Crippen molar-refractivity contribution >= 4 is 21.8 Å². The van der Waals surface area contributed by atoms with Gasteiger partial charge < -0.3 is 15.4 Å². The van der Waals surface area contributed by atoms with E-state index in [-0.39, 0.29) is 60.7 Å². The number of amides is 2. The largest absolute Gasteiger partial charge is 0.373 e. The number of nitrogens with one attached hydrogen (secondary N) is 2. The standard InChI is InChI=1S/C20H31N3O5S/c1-5-14(2)22-19(24)9-10-21-20(25)17-7-6-8-18(11-17)29(26,27)23-12-15(3)28-16(4)13-23/h6-8,11,14-16H,5,9-10,12-13H2,1-4H3,(H,21,25)(H,22,24). The monoisotopic (exact) mass is 425 g/mol. The van der Waals surface area contributed by atoms with Gasteiger partial charge in [0.25, 0.3) is 5.91 Å². The molecule has 0 radical (unpaired) electrons. The first kappa shape index (κ1) is 23.3. The molecule has 1 aromatic rings. The van der Waals surface area contributed by atoms with Gasteiger partial charge in [0.2, 0.25) is 15.9 Å². The fourth-order valence-corrected chi connectivity index (χ4v) is 4.75. The summed E-state index contributed by atoms with van der Waals surface area (Å²) < 4.78 is 32.9. The van der Waals surface area contributed by atoms with Crippen LogP contribution in [0.5, 0.6) is 0 Å². The van der Waals surface area contributed by atoms with Crippen LogP contribution in [0.2, 0.25) is 0 Å². The van der Waals surface area contributed by atoms with E-state index in [1.807, 2.05) is 27.7 Å². The Bertz CT molecular complexity index is 817. The van der Waals surface area contributed by atoms with Crippen LogP contribution in [0.4, 0.5) is 0 Å². The summed E-state index contributed by atoms with van der Waals surface area (Å²) in [5.41, 5.74) is 0.239. The van der Waals surface area contributed by atoms with E-state index in [1.54, 1.807) is 12.1 Å². The zero-order chi connectivity index (χ0) is 21.6. The molecule has 1 aliphatic heterocycles. The molecule has 0 bridgehead atoms. The lowest BCUT2D eigenvalue weighted by Gasteiger charge is -2.34. The average molecular weight is 426 g/mol. The molecule has 3 atom stereocenters. The molecule has 1 heterocycles. The maximum absolute atomic E-state index is 13.0. The van der Waals surface area contributed by atoms with Crippen LogP contribution in [-0.4, -0.2) is 62.4 Å². The van der Waals surface area contributed by atoms with Crippen molar-refractivity contribution in [3.63, 3.8) is 0 Å². The van der Waals surface area contributed by atoms with Crippen molar-refractivity contribution in [1.29, 1.82) is 0 Å². The second kappa shape index (κ2) is 10.2. The maximum atomic E-state index is 13.0. The summed E-state index contributed by atoms with van der Waals surface area (Å²) in [6.45, 7) is 8.28. The van der Waals surface area contributed by atoms with Gasteiger partial charge in [-0.15, -0.1) is 0 Å². The Morgan fingerprint density at radius 3 is 2.52 bits per heavy atom. The zero-order valence-corrected chi connectivity index (χ0v) is 18.3. The normalized spacial score (nSPS) is 21.4. The van der Waals surface area contributed by atoms with E-state index >= 15 is 0 Å². The zero-order valence-electron chi connectivity index (χ0n) is 17.5. The Morgan fingerprint density at radius 2 is 1.90 bits per heavy atom. The minimum Gasteiger partial charge on any atom is -0.373 e. The molecule has 9 heteroatoms. The number of nitrogens with zero attached hydrogens (tertiary/aromatic N) is 1. The van der Waals surface area contributed by atoms with Crippen LogP contribution in [0.25, 0.3) is 0 Å². The summed E-state index contributed by atoms with van der Waals surface area (Å²) in [4.78, 5) is 24.2. The molecule has 0 spiro atoms. The van der Waals surface area contributed by atoms with Crippen LogP contribution in [0.3, 0.4) is 0 Å². The summed E-state index contributed by atoms with van der Waals surface area (Å²) in [7, 11) is -3.73. The van der Waals surface area contributed by atoms with E-state index in [0.717, 1.165) is 6.42 Å². The van der Waals surface area contributed by atoms with Crippen molar-refractivity contribution < 1.29 is 22.7 Å². The summed E-state index contributed by atoms with van der Waals surface area (Å²) in [5, 5.41) is 5.50. The Hall–Kier alpha value is -1.97. The van der Waals surface area contributed by atoms with Gasteiger partial charge in [0.1, 0.15) is 0 Å². The third-order valence-electron chi connectivity index (χ3n) is 4.78. The van der Waals surface area contributed by atoms with Crippen LogP contribution in [0, 0.1) is 0 Å². The minimum atomic E-state index is -3.73. The Balaban J connectivity index is 2.01. The third-order valence-corrected chi connectivity index (χ3v) is 6.61. The van der Waals surface area contributed by atoms with E-state index in [0.29, 0.717) is 0 Å². The molecule has 1 saturated heterocycles. The van der Waals surface area contributed by atoms with Crippen molar-refractivity contribution in [1.82, 2.24) is 14.9 Å². The van der Waals surface area contributed by atoms with Crippen molar-refractivity contribution in [2.75, 3.05) is 19.6 Å². The van der Waals surface area contributed by atoms with Gasteiger partial charge in [-0.1, -0.05) is 13.0 Å². The van der Waals surface area contributed by atoms with Gasteiger partial charge in [0.05, 0.1) is 17.1 Å². The fourth-order valence-electron chi connectivity index (χ4n) is 3.11. The first-order valence-electron chi connectivity index (χ1n) is 9.96. The molecule has 0 saturated carbocycles. The predicted molar refractivity (Wildman–Crippen MR) is 110 cm³/mol. The van der Waals surface area contributed by atoms with E-state index in [1.165, 1.54) is 16.4 Å². The molecule has 2 N–H and O–H groups in total. The van der Waals surface area contributed by atoms with E-state index in [2.05, 4.69) is 10.6 Å². The molecule has 2 amide bonds. The van der Waals surface area contributed by atoms with Crippen LogP contribution >= 0.6 is 0 Å². The summed E-state index contributed by atoms with van der Waals surface area (Å²) >= 11 is 0. The molecule has 1 fully saturated rings. The third kappa shape index (κ3) is 6.52. The number of carbonyl (C=O) groups excluding carboxylic acids is 2. The van der Waals surface area contributed by atoms with Gasteiger partial charge in [-0.2, -0.15) is 4.31 Å². The number of ether oxygens (including phenoxy) is 1. The lowest BCUT2D eigenvalue weighted by Crippen LogP contribution is -2.48. The maximum Gasteiger partial charge on any atom is 0.251 e. The van der Waals surface area contributed by atoms with Crippen LogP contribution < -0.4 is 10.6 Å².